The summed E-state index contributed by atoms with van der Waals surface area (Å²) in [6.07, 6.45) is 6.39. The van der Waals surface area contributed by atoms with Crippen molar-refractivity contribution in [3.63, 3.8) is 0 Å². The molecule has 29 heavy (non-hydrogen) atoms. The lowest BCUT2D eigenvalue weighted by atomic mass is 9.80. The average molecular weight is 411 g/mol. The number of hydrogen-bond acceptors (Lipinski definition) is 7. The zero-order chi connectivity index (χ0) is 20.4. The number of imidazole rings is 1. The van der Waals surface area contributed by atoms with Gasteiger partial charge in [0.1, 0.15) is 10.8 Å². The van der Waals surface area contributed by atoms with Crippen LogP contribution in [0.15, 0.2) is 30.7 Å². The first-order valence-electron chi connectivity index (χ1n) is 9.17. The summed E-state index contributed by atoms with van der Waals surface area (Å²) in [5.74, 6) is -0.156. The molecule has 9 nitrogen and oxygen atoms in total. The highest BCUT2D eigenvalue weighted by Gasteiger charge is 2.32. The molecule has 3 aromatic rings. The number of piperidine rings is 1. The van der Waals surface area contributed by atoms with Crippen molar-refractivity contribution in [1.29, 1.82) is 5.26 Å². The van der Waals surface area contributed by atoms with Crippen molar-refractivity contribution in [2.24, 2.45) is 11.1 Å². The summed E-state index contributed by atoms with van der Waals surface area (Å²) in [6, 6.07) is 5.95. The van der Waals surface area contributed by atoms with Crippen LogP contribution in [0, 0.1) is 16.7 Å². The smallest absolute Gasteiger partial charge is 0.268 e. The molecule has 4 heterocycles. The Bertz CT molecular complexity index is 1110. The third-order valence-corrected chi connectivity index (χ3v) is 5.31. The number of amides is 1. The Hall–Kier alpha value is -3.22. The maximum Gasteiger partial charge on any atom is 0.268 e. The van der Waals surface area contributed by atoms with Crippen LogP contribution in [-0.4, -0.2) is 44.9 Å². The highest BCUT2D eigenvalue weighted by molar-refractivity contribution is 6.29. The number of pyridine rings is 1. The van der Waals surface area contributed by atoms with E-state index in [-0.39, 0.29) is 5.69 Å². The molecule has 0 unspecified atom stereocenters. The number of primary amides is 1. The molecule has 0 bridgehead atoms. The van der Waals surface area contributed by atoms with Gasteiger partial charge in [-0.15, -0.1) is 0 Å². The Labute approximate surface area is 171 Å². The predicted molar refractivity (Wildman–Crippen MR) is 108 cm³/mol. The van der Waals surface area contributed by atoms with E-state index in [2.05, 4.69) is 31.7 Å². The lowest BCUT2D eigenvalue weighted by Crippen LogP contribution is -2.40. The molecule has 0 aromatic carbocycles. The fraction of sp³-hybridized carbons (Fsp3) is 0.316. The van der Waals surface area contributed by atoms with Gasteiger partial charge in [0.2, 0.25) is 0 Å². The van der Waals surface area contributed by atoms with Crippen LogP contribution in [0.4, 0.5) is 5.82 Å². The quantitative estimate of drug-likeness (QED) is 0.546. The molecule has 1 saturated heterocycles. The Morgan fingerprint density at radius 1 is 1.38 bits per heavy atom. The molecule has 1 fully saturated rings. The van der Waals surface area contributed by atoms with Crippen LogP contribution in [0.25, 0.3) is 16.9 Å². The van der Waals surface area contributed by atoms with Gasteiger partial charge in [-0.25, -0.2) is 15.0 Å². The summed E-state index contributed by atoms with van der Waals surface area (Å²) < 4.78 is 1.70. The highest BCUT2D eigenvalue weighted by Crippen LogP contribution is 2.30. The molecule has 4 rings (SSSR count). The second kappa shape index (κ2) is 7.66. The van der Waals surface area contributed by atoms with E-state index in [0.717, 1.165) is 31.5 Å². The van der Waals surface area contributed by atoms with E-state index in [1.165, 1.54) is 0 Å². The van der Waals surface area contributed by atoms with Crippen LogP contribution >= 0.6 is 11.6 Å². The maximum absolute atomic E-state index is 11.6. The van der Waals surface area contributed by atoms with E-state index in [4.69, 9.17) is 17.3 Å². The van der Waals surface area contributed by atoms with Crippen molar-refractivity contribution >= 4 is 29.0 Å². The maximum atomic E-state index is 11.6. The Kier molecular flexibility index (Phi) is 5.05. The van der Waals surface area contributed by atoms with Gasteiger partial charge in [0.15, 0.2) is 11.5 Å². The number of nitriles is 1. The fourth-order valence-corrected chi connectivity index (χ4v) is 3.60. The van der Waals surface area contributed by atoms with E-state index >= 15 is 0 Å². The van der Waals surface area contributed by atoms with Crippen LogP contribution in [0.1, 0.15) is 23.3 Å². The van der Waals surface area contributed by atoms with Crippen molar-refractivity contribution in [3.05, 3.63) is 41.6 Å². The zero-order valence-electron chi connectivity index (χ0n) is 15.5. The number of nitrogens with one attached hydrogen (secondary N) is 2. The fourth-order valence-electron chi connectivity index (χ4n) is 3.42. The molecular weight excluding hydrogens is 392 g/mol. The van der Waals surface area contributed by atoms with E-state index in [1.807, 2.05) is 0 Å². The van der Waals surface area contributed by atoms with Crippen LogP contribution in [-0.2, 0) is 0 Å². The number of carbonyl (C=O) groups excluding carboxylic acids is 1. The number of halogens is 1. The van der Waals surface area contributed by atoms with Gasteiger partial charge in [0.25, 0.3) is 5.91 Å². The third-order valence-electron chi connectivity index (χ3n) is 5.10. The minimum atomic E-state index is -0.625. The highest BCUT2D eigenvalue weighted by atomic mass is 35.5. The minimum absolute atomic E-state index is 0.136. The first-order valence-corrected chi connectivity index (χ1v) is 9.55. The first kappa shape index (κ1) is 19.1. The summed E-state index contributed by atoms with van der Waals surface area (Å²) in [7, 11) is 0. The van der Waals surface area contributed by atoms with Gasteiger partial charge in [-0.1, -0.05) is 11.6 Å². The molecular formula is C19H19ClN8O. The number of anilines is 1. The van der Waals surface area contributed by atoms with E-state index in [1.54, 1.807) is 35.1 Å². The van der Waals surface area contributed by atoms with Crippen molar-refractivity contribution < 1.29 is 4.79 Å². The topological polar surface area (TPSA) is 134 Å². The largest absolute Gasteiger partial charge is 0.365 e. The van der Waals surface area contributed by atoms with Gasteiger partial charge in [0, 0.05) is 30.7 Å². The molecule has 1 aliphatic rings. The molecule has 3 aromatic heterocycles. The van der Waals surface area contributed by atoms with Gasteiger partial charge >= 0.3 is 0 Å². The number of carbonyl (C=O) groups is 1. The summed E-state index contributed by atoms with van der Waals surface area (Å²) >= 11 is 6.02. The van der Waals surface area contributed by atoms with Crippen LogP contribution < -0.4 is 16.4 Å². The second-order valence-electron chi connectivity index (χ2n) is 7.06. The molecule has 0 radical (unpaired) electrons. The molecule has 0 atom stereocenters. The van der Waals surface area contributed by atoms with E-state index < -0.39 is 11.3 Å². The standard InChI is InChI=1S/C19H19ClN8O/c20-15-7-12(1-4-24-15)13-8-28-9-14(16(22)29)27-18(28)17(26-13)25-11-19(10-21)2-5-23-6-3-19/h1,4,7-9,23H,2-3,5-6,11H2,(H2,22,29)(H,25,26). The molecule has 1 amide bonds. The SMILES string of the molecule is N#CC1(CNc2nc(-c3ccnc(Cl)c3)cn3cc(C(N)=O)nc23)CCNCC1. The second-order valence-corrected chi connectivity index (χ2v) is 7.45. The summed E-state index contributed by atoms with van der Waals surface area (Å²) in [5.41, 5.74) is 6.89. The van der Waals surface area contributed by atoms with Crippen LogP contribution in [0.3, 0.4) is 0 Å². The Balaban J connectivity index is 1.76. The number of nitrogens with two attached hydrogens (primary N) is 1. The summed E-state index contributed by atoms with van der Waals surface area (Å²) in [5, 5.41) is 16.6. The Morgan fingerprint density at radius 3 is 2.86 bits per heavy atom. The molecule has 0 spiro atoms. The lowest BCUT2D eigenvalue weighted by Gasteiger charge is -2.31. The van der Waals surface area contributed by atoms with Gasteiger partial charge in [0.05, 0.1) is 17.2 Å². The lowest BCUT2D eigenvalue weighted by molar-refractivity contribution is 0.0996. The van der Waals surface area contributed by atoms with Crippen LogP contribution in [0.5, 0.6) is 0 Å². The monoisotopic (exact) mass is 410 g/mol. The number of fused-ring (bicyclic) bond motifs is 1. The van der Waals surface area contributed by atoms with Gasteiger partial charge in [-0.2, -0.15) is 5.26 Å². The Morgan fingerprint density at radius 2 is 2.17 bits per heavy atom. The van der Waals surface area contributed by atoms with Gasteiger partial charge < -0.3 is 20.8 Å². The molecule has 148 valence electrons. The molecule has 4 N–H and O–H groups in total. The summed E-state index contributed by atoms with van der Waals surface area (Å²) in [4.78, 5) is 24.6. The van der Waals surface area contributed by atoms with E-state index in [9.17, 15) is 10.1 Å². The number of rotatable bonds is 5. The normalized spacial score (nSPS) is 15.7. The van der Waals surface area contributed by atoms with E-state index in [0.29, 0.717) is 28.9 Å². The average Bonchev–Trinajstić information content (AvgIpc) is 3.17. The van der Waals surface area contributed by atoms with Crippen LogP contribution in [0.2, 0.25) is 5.15 Å². The molecule has 1 aliphatic heterocycles. The molecule has 10 heteroatoms. The van der Waals surface area contributed by atoms with Crippen molar-refractivity contribution in [2.75, 3.05) is 25.0 Å². The number of nitrogens with zero attached hydrogens (tertiary/aromatic N) is 5. The molecule has 0 aliphatic carbocycles. The van der Waals surface area contributed by atoms with Gasteiger partial charge in [-0.05, 0) is 38.1 Å². The predicted octanol–water partition coefficient (Wildman–Crippen LogP) is 1.85. The van der Waals surface area contributed by atoms with Crippen molar-refractivity contribution in [2.45, 2.75) is 12.8 Å². The summed E-state index contributed by atoms with van der Waals surface area (Å²) in [6.45, 7) is 2.01. The third kappa shape index (κ3) is 3.85. The number of aromatic nitrogens is 4. The molecule has 0 saturated carbocycles. The van der Waals surface area contributed by atoms with Crippen molar-refractivity contribution in [3.8, 4) is 17.3 Å². The zero-order valence-corrected chi connectivity index (χ0v) is 16.3. The van der Waals surface area contributed by atoms with Gasteiger partial charge in [-0.3, -0.25) is 4.79 Å². The van der Waals surface area contributed by atoms with Crippen molar-refractivity contribution in [1.82, 2.24) is 24.7 Å². The first-order chi connectivity index (χ1) is 14.0. The minimum Gasteiger partial charge on any atom is -0.365 e. The number of hydrogen-bond donors (Lipinski definition) is 3.